The second-order valence-electron chi connectivity index (χ2n) is 5.21. The fraction of sp³-hybridized carbons (Fsp3) is 0.235. The molecule has 2 aromatic carbocycles. The topological polar surface area (TPSA) is 59.1 Å². The zero-order chi connectivity index (χ0) is 15.6. The van der Waals surface area contributed by atoms with Crippen LogP contribution < -0.4 is 10.5 Å². The first-order chi connectivity index (χ1) is 9.88. The number of benzene rings is 2. The molecule has 0 aromatic heterocycles. The van der Waals surface area contributed by atoms with Gasteiger partial charge in [-0.15, -0.1) is 0 Å². The number of hydrogen-bond acceptors (Lipinski definition) is 2. The molecule has 0 amide bonds. The molecule has 0 aliphatic rings. The molecule has 0 saturated carbocycles. The van der Waals surface area contributed by atoms with Crippen molar-refractivity contribution >= 4 is 5.84 Å². The molecule has 0 aliphatic carbocycles. The van der Waals surface area contributed by atoms with Crippen LogP contribution >= 0.6 is 0 Å². The first-order valence-corrected chi connectivity index (χ1v) is 6.72. The third kappa shape index (κ3) is 3.40. The van der Waals surface area contributed by atoms with Gasteiger partial charge in [-0.25, -0.2) is 4.39 Å². The van der Waals surface area contributed by atoms with Gasteiger partial charge in [0.15, 0.2) is 0 Å². The van der Waals surface area contributed by atoms with E-state index in [0.717, 1.165) is 22.4 Å². The molecule has 0 spiro atoms. The molecule has 110 valence electrons. The summed E-state index contributed by atoms with van der Waals surface area (Å²) < 4.78 is 19.7. The molecule has 0 saturated heterocycles. The van der Waals surface area contributed by atoms with Crippen LogP contribution in [0.5, 0.6) is 5.75 Å². The number of nitrogens with one attached hydrogen (secondary N) is 1. The van der Waals surface area contributed by atoms with Crippen molar-refractivity contribution in [2.24, 2.45) is 5.73 Å². The average molecular weight is 286 g/mol. The highest BCUT2D eigenvalue weighted by Crippen LogP contribution is 2.24. The number of hydrogen-bond donors (Lipinski definition) is 2. The highest BCUT2D eigenvalue weighted by Gasteiger charge is 2.08. The summed E-state index contributed by atoms with van der Waals surface area (Å²) in [6, 6.07) is 8.52. The molecule has 0 atom stereocenters. The van der Waals surface area contributed by atoms with Gasteiger partial charge in [0.2, 0.25) is 0 Å². The second-order valence-corrected chi connectivity index (χ2v) is 5.21. The summed E-state index contributed by atoms with van der Waals surface area (Å²) >= 11 is 0. The second kappa shape index (κ2) is 5.95. The van der Waals surface area contributed by atoms with Crippen molar-refractivity contribution in [3.05, 3.63) is 64.0 Å². The Kier molecular flexibility index (Phi) is 4.26. The fourth-order valence-corrected chi connectivity index (χ4v) is 2.14. The molecular formula is C17H19FN2O. The van der Waals surface area contributed by atoms with E-state index in [1.54, 1.807) is 12.1 Å². The normalized spacial score (nSPS) is 10.5. The predicted octanol–water partition coefficient (Wildman–Crippen LogP) is 3.61. The molecule has 4 heteroatoms. The zero-order valence-corrected chi connectivity index (χ0v) is 12.5. The third-order valence-electron chi connectivity index (χ3n) is 3.51. The number of nitrogen functional groups attached to an aromatic ring is 1. The van der Waals surface area contributed by atoms with Crippen LogP contribution in [0.3, 0.4) is 0 Å². The summed E-state index contributed by atoms with van der Waals surface area (Å²) in [4.78, 5) is 0. The van der Waals surface area contributed by atoms with E-state index in [4.69, 9.17) is 15.9 Å². The van der Waals surface area contributed by atoms with Crippen LogP contribution in [-0.4, -0.2) is 5.84 Å². The van der Waals surface area contributed by atoms with Gasteiger partial charge < -0.3 is 10.5 Å². The van der Waals surface area contributed by atoms with E-state index in [0.29, 0.717) is 11.1 Å². The monoisotopic (exact) mass is 286 g/mol. The SMILES string of the molecule is Cc1cc(C)c(C)c(OCc2ccc(C(=N)N)cc2F)c1. The van der Waals surface area contributed by atoms with Gasteiger partial charge in [0.25, 0.3) is 0 Å². The first kappa shape index (κ1) is 15.0. The highest BCUT2D eigenvalue weighted by molar-refractivity contribution is 5.94. The smallest absolute Gasteiger partial charge is 0.130 e. The van der Waals surface area contributed by atoms with Crippen LogP contribution in [0.25, 0.3) is 0 Å². The van der Waals surface area contributed by atoms with Crippen molar-refractivity contribution in [1.29, 1.82) is 5.41 Å². The van der Waals surface area contributed by atoms with Crippen LogP contribution in [0, 0.1) is 32.0 Å². The number of halogens is 1. The summed E-state index contributed by atoms with van der Waals surface area (Å²) in [5, 5.41) is 7.29. The Bertz CT molecular complexity index is 695. The maximum absolute atomic E-state index is 13.9. The first-order valence-electron chi connectivity index (χ1n) is 6.72. The lowest BCUT2D eigenvalue weighted by atomic mass is 10.1. The third-order valence-corrected chi connectivity index (χ3v) is 3.51. The van der Waals surface area contributed by atoms with Gasteiger partial charge in [0, 0.05) is 11.1 Å². The van der Waals surface area contributed by atoms with Gasteiger partial charge in [-0.2, -0.15) is 0 Å². The number of rotatable bonds is 4. The Balaban J connectivity index is 2.19. The van der Waals surface area contributed by atoms with Crippen molar-refractivity contribution in [2.75, 3.05) is 0 Å². The minimum Gasteiger partial charge on any atom is -0.489 e. The molecule has 0 fully saturated rings. The highest BCUT2D eigenvalue weighted by atomic mass is 19.1. The van der Waals surface area contributed by atoms with Gasteiger partial charge >= 0.3 is 0 Å². The summed E-state index contributed by atoms with van der Waals surface area (Å²) in [7, 11) is 0. The molecule has 3 N–H and O–H groups in total. The molecule has 0 bridgehead atoms. The van der Waals surface area contributed by atoms with Gasteiger partial charge in [0.05, 0.1) is 0 Å². The van der Waals surface area contributed by atoms with Crippen LogP contribution in [0.1, 0.15) is 27.8 Å². The molecule has 2 rings (SSSR count). The fourth-order valence-electron chi connectivity index (χ4n) is 2.14. The standard InChI is InChI=1S/C17H19FN2O/c1-10-6-11(2)12(3)16(7-10)21-9-14-5-4-13(17(19)20)8-15(14)18/h4-8H,9H2,1-3H3,(H3,19,20). The number of amidine groups is 1. The lowest BCUT2D eigenvalue weighted by molar-refractivity contribution is 0.297. The summed E-state index contributed by atoms with van der Waals surface area (Å²) in [6.45, 7) is 6.16. The van der Waals surface area contributed by atoms with E-state index in [1.165, 1.54) is 6.07 Å². The van der Waals surface area contributed by atoms with E-state index in [-0.39, 0.29) is 12.4 Å². The average Bonchev–Trinajstić information content (AvgIpc) is 2.42. The molecular weight excluding hydrogens is 267 g/mol. The van der Waals surface area contributed by atoms with Gasteiger partial charge in [-0.05, 0) is 49.6 Å². The summed E-state index contributed by atoms with van der Waals surface area (Å²) in [6.07, 6.45) is 0. The Labute approximate surface area is 124 Å². The maximum atomic E-state index is 13.9. The molecule has 21 heavy (non-hydrogen) atoms. The van der Waals surface area contributed by atoms with Crippen molar-refractivity contribution in [2.45, 2.75) is 27.4 Å². The van der Waals surface area contributed by atoms with Crippen molar-refractivity contribution < 1.29 is 9.13 Å². The van der Waals surface area contributed by atoms with E-state index in [2.05, 4.69) is 6.07 Å². The number of ether oxygens (including phenoxy) is 1. The minimum absolute atomic E-state index is 0.147. The zero-order valence-electron chi connectivity index (χ0n) is 12.5. The van der Waals surface area contributed by atoms with Gasteiger partial charge in [-0.3, -0.25) is 5.41 Å². The Morgan fingerprint density at radius 3 is 2.52 bits per heavy atom. The largest absolute Gasteiger partial charge is 0.489 e. The van der Waals surface area contributed by atoms with E-state index in [1.807, 2.05) is 26.8 Å². The number of nitrogens with two attached hydrogens (primary N) is 1. The Morgan fingerprint density at radius 2 is 1.90 bits per heavy atom. The van der Waals surface area contributed by atoms with Crippen LogP contribution in [0.2, 0.25) is 0 Å². The summed E-state index contributed by atoms with van der Waals surface area (Å²) in [5.41, 5.74) is 9.47. The molecule has 2 aromatic rings. The minimum atomic E-state index is -0.412. The van der Waals surface area contributed by atoms with Crippen LogP contribution in [-0.2, 0) is 6.61 Å². The van der Waals surface area contributed by atoms with Gasteiger partial charge in [-0.1, -0.05) is 18.2 Å². The predicted molar refractivity (Wildman–Crippen MR) is 82.4 cm³/mol. The van der Waals surface area contributed by atoms with Crippen molar-refractivity contribution in [3.8, 4) is 5.75 Å². The lowest BCUT2D eigenvalue weighted by Crippen LogP contribution is -2.12. The molecule has 0 aliphatic heterocycles. The molecule has 0 unspecified atom stereocenters. The van der Waals surface area contributed by atoms with Gasteiger partial charge in [0.1, 0.15) is 24.0 Å². The van der Waals surface area contributed by atoms with Crippen molar-refractivity contribution in [3.63, 3.8) is 0 Å². The molecule has 0 radical (unpaired) electrons. The van der Waals surface area contributed by atoms with Crippen LogP contribution in [0.4, 0.5) is 4.39 Å². The van der Waals surface area contributed by atoms with E-state index >= 15 is 0 Å². The Morgan fingerprint density at radius 1 is 1.19 bits per heavy atom. The Hall–Kier alpha value is -2.36. The van der Waals surface area contributed by atoms with Crippen molar-refractivity contribution in [1.82, 2.24) is 0 Å². The van der Waals surface area contributed by atoms with E-state index < -0.39 is 5.82 Å². The van der Waals surface area contributed by atoms with Crippen LogP contribution in [0.15, 0.2) is 30.3 Å². The number of aryl methyl sites for hydroxylation is 2. The molecule has 0 heterocycles. The van der Waals surface area contributed by atoms with E-state index in [9.17, 15) is 4.39 Å². The lowest BCUT2D eigenvalue weighted by Gasteiger charge is -2.13. The molecule has 3 nitrogen and oxygen atoms in total. The summed E-state index contributed by atoms with van der Waals surface area (Å²) in [5.74, 6) is 0.207. The maximum Gasteiger partial charge on any atom is 0.130 e. The quantitative estimate of drug-likeness (QED) is 0.666.